The van der Waals surface area contributed by atoms with Crippen molar-refractivity contribution in [1.82, 2.24) is 24.7 Å². The van der Waals surface area contributed by atoms with Crippen LogP contribution in [0.4, 0.5) is 10.6 Å². The molecule has 1 saturated heterocycles. The highest BCUT2D eigenvalue weighted by atomic mass is 35.5. The highest BCUT2D eigenvalue weighted by Gasteiger charge is 2.31. The third-order valence-corrected chi connectivity index (χ3v) is 7.85. The quantitative estimate of drug-likeness (QED) is 0.425. The fraction of sp³-hybridized carbons (Fsp3) is 0.760. The van der Waals surface area contributed by atoms with Crippen molar-refractivity contribution < 1.29 is 9.59 Å². The molecule has 6 N–H and O–H groups in total. The largest absolute Gasteiger partial charge is 0.349 e. The van der Waals surface area contributed by atoms with Gasteiger partial charge < -0.3 is 26.6 Å². The van der Waals surface area contributed by atoms with Gasteiger partial charge in [0.2, 0.25) is 5.91 Å². The van der Waals surface area contributed by atoms with Gasteiger partial charge in [0.1, 0.15) is 5.82 Å². The number of nitrogens with two attached hydrogens (primary N) is 2. The standard InChI is InChI=1S/C25H42N8O3.ClH/c1-25(2,27)22(34)31-11-13-32(14-12-31)23(35)29-21-9-10-33(24(36)30-21)20-7-3-17(4-8-20)16-28-19-6-5-18(26)15-19;/h9-10,17-20,28H,3-8,11-16,26-27H2,1-2H3,(H,29,30,35,36);1H/t17?,18-,19-,20?;/m0./s1. The SMILES string of the molecule is CC(C)(N)C(=O)N1CCN(C(=O)Nc2ccn(C3CCC(CN[C@H]4CC[C@H](N)C4)CC3)c(=O)n2)CC1.Cl. The van der Waals surface area contributed by atoms with Crippen LogP contribution in [0.3, 0.4) is 0 Å². The number of amides is 3. The molecule has 11 nitrogen and oxygen atoms in total. The van der Waals surface area contributed by atoms with Gasteiger partial charge in [-0.15, -0.1) is 12.4 Å². The molecule has 208 valence electrons. The van der Waals surface area contributed by atoms with Crippen LogP contribution in [0.5, 0.6) is 0 Å². The minimum absolute atomic E-state index is 0. The van der Waals surface area contributed by atoms with E-state index in [1.54, 1.807) is 40.5 Å². The summed E-state index contributed by atoms with van der Waals surface area (Å²) in [5.74, 6) is 0.749. The second kappa shape index (κ2) is 12.6. The number of rotatable bonds is 6. The van der Waals surface area contributed by atoms with Gasteiger partial charge in [0.25, 0.3) is 0 Å². The highest BCUT2D eigenvalue weighted by molar-refractivity contribution is 5.89. The lowest BCUT2D eigenvalue weighted by molar-refractivity contribution is -0.137. The third kappa shape index (κ3) is 7.66. The molecule has 2 aliphatic carbocycles. The molecule has 4 rings (SSSR count). The molecule has 37 heavy (non-hydrogen) atoms. The summed E-state index contributed by atoms with van der Waals surface area (Å²) in [5, 5.41) is 6.41. The summed E-state index contributed by atoms with van der Waals surface area (Å²) in [7, 11) is 0. The molecule has 2 heterocycles. The van der Waals surface area contributed by atoms with Crippen LogP contribution in [-0.4, -0.2) is 81.6 Å². The zero-order chi connectivity index (χ0) is 25.9. The zero-order valence-corrected chi connectivity index (χ0v) is 22.8. The van der Waals surface area contributed by atoms with E-state index >= 15 is 0 Å². The van der Waals surface area contributed by atoms with E-state index < -0.39 is 5.54 Å². The lowest BCUT2D eigenvalue weighted by atomic mass is 9.85. The number of carbonyl (C=O) groups excluding carboxylic acids is 2. The number of anilines is 1. The second-order valence-corrected chi connectivity index (χ2v) is 11.3. The first-order valence-electron chi connectivity index (χ1n) is 13.3. The number of piperazine rings is 1. The maximum Gasteiger partial charge on any atom is 0.349 e. The van der Waals surface area contributed by atoms with Gasteiger partial charge >= 0.3 is 11.7 Å². The molecule has 1 aliphatic heterocycles. The molecular formula is C25H43ClN8O3. The molecule has 3 amide bonds. The smallest absolute Gasteiger partial charge is 0.338 e. The molecule has 2 atom stereocenters. The van der Waals surface area contributed by atoms with Gasteiger partial charge in [-0.1, -0.05) is 0 Å². The number of hydrogen-bond donors (Lipinski definition) is 4. The van der Waals surface area contributed by atoms with E-state index in [0.717, 1.165) is 45.1 Å². The number of carbonyl (C=O) groups is 2. The van der Waals surface area contributed by atoms with E-state index in [1.165, 1.54) is 6.42 Å². The fourth-order valence-corrected chi connectivity index (χ4v) is 5.63. The highest BCUT2D eigenvalue weighted by Crippen LogP contribution is 2.31. The number of halogens is 1. The topological polar surface area (TPSA) is 152 Å². The van der Waals surface area contributed by atoms with Crippen molar-refractivity contribution in [3.63, 3.8) is 0 Å². The average molecular weight is 539 g/mol. The van der Waals surface area contributed by atoms with Crippen LogP contribution in [0, 0.1) is 5.92 Å². The molecule has 1 aromatic rings. The Morgan fingerprint density at radius 3 is 2.27 bits per heavy atom. The average Bonchev–Trinajstić information content (AvgIpc) is 3.27. The van der Waals surface area contributed by atoms with Crippen LogP contribution in [0.2, 0.25) is 0 Å². The van der Waals surface area contributed by atoms with Gasteiger partial charge in [-0.05, 0) is 77.3 Å². The van der Waals surface area contributed by atoms with Crippen molar-refractivity contribution in [3.05, 3.63) is 22.7 Å². The van der Waals surface area contributed by atoms with Gasteiger partial charge in [-0.3, -0.25) is 14.7 Å². The summed E-state index contributed by atoms with van der Waals surface area (Å²) in [5.41, 5.74) is 10.6. The lowest BCUT2D eigenvalue weighted by Gasteiger charge is -2.37. The van der Waals surface area contributed by atoms with E-state index in [9.17, 15) is 14.4 Å². The Hall–Kier alpha value is -2.21. The molecule has 0 aromatic carbocycles. The Balaban J connectivity index is 0.00000380. The predicted molar refractivity (Wildman–Crippen MR) is 146 cm³/mol. The van der Waals surface area contributed by atoms with E-state index in [-0.39, 0.29) is 41.9 Å². The Bertz CT molecular complexity index is 981. The van der Waals surface area contributed by atoms with Crippen LogP contribution >= 0.6 is 12.4 Å². The van der Waals surface area contributed by atoms with Gasteiger partial charge in [-0.2, -0.15) is 4.98 Å². The molecule has 12 heteroatoms. The van der Waals surface area contributed by atoms with E-state index in [2.05, 4.69) is 15.6 Å². The number of nitrogens with one attached hydrogen (secondary N) is 2. The van der Waals surface area contributed by atoms with Crippen molar-refractivity contribution in [2.24, 2.45) is 17.4 Å². The summed E-state index contributed by atoms with van der Waals surface area (Å²) in [6.07, 6.45) is 9.16. The van der Waals surface area contributed by atoms with Crippen molar-refractivity contribution in [2.75, 3.05) is 38.0 Å². The molecule has 3 fully saturated rings. The summed E-state index contributed by atoms with van der Waals surface area (Å²) in [6, 6.07) is 2.40. The van der Waals surface area contributed by atoms with E-state index in [1.807, 2.05) is 0 Å². The Labute approximate surface area is 225 Å². The minimum Gasteiger partial charge on any atom is -0.338 e. The van der Waals surface area contributed by atoms with Gasteiger partial charge in [-0.25, -0.2) is 9.59 Å². The van der Waals surface area contributed by atoms with Gasteiger partial charge in [0.15, 0.2) is 0 Å². The molecule has 1 aromatic heterocycles. The van der Waals surface area contributed by atoms with Crippen molar-refractivity contribution in [2.45, 2.75) is 82.5 Å². The number of urea groups is 1. The van der Waals surface area contributed by atoms with Crippen LogP contribution in [0.25, 0.3) is 0 Å². The second-order valence-electron chi connectivity index (χ2n) is 11.3. The monoisotopic (exact) mass is 538 g/mol. The maximum atomic E-state index is 12.7. The summed E-state index contributed by atoms with van der Waals surface area (Å²) in [6.45, 7) is 6.03. The normalized spacial score (nSPS) is 26.5. The van der Waals surface area contributed by atoms with Crippen molar-refractivity contribution in [3.8, 4) is 0 Å². The Kier molecular flexibility index (Phi) is 9.96. The summed E-state index contributed by atoms with van der Waals surface area (Å²) < 4.78 is 1.70. The maximum absolute atomic E-state index is 12.7. The molecule has 0 bridgehead atoms. The Morgan fingerprint density at radius 1 is 1.05 bits per heavy atom. The van der Waals surface area contributed by atoms with Gasteiger partial charge in [0.05, 0.1) is 5.54 Å². The van der Waals surface area contributed by atoms with E-state index in [4.69, 9.17) is 11.5 Å². The molecule has 2 saturated carbocycles. The molecule has 3 aliphatic rings. The molecule has 0 spiro atoms. The van der Waals surface area contributed by atoms with Crippen LogP contribution in [-0.2, 0) is 4.79 Å². The summed E-state index contributed by atoms with van der Waals surface area (Å²) >= 11 is 0. The van der Waals surface area contributed by atoms with Crippen LogP contribution in [0.1, 0.15) is 64.8 Å². The van der Waals surface area contributed by atoms with Crippen LogP contribution < -0.4 is 27.8 Å². The van der Waals surface area contributed by atoms with Crippen molar-refractivity contribution >= 4 is 30.2 Å². The van der Waals surface area contributed by atoms with E-state index in [0.29, 0.717) is 44.2 Å². The zero-order valence-electron chi connectivity index (χ0n) is 22.0. The first-order chi connectivity index (χ1) is 17.1. The fourth-order valence-electron chi connectivity index (χ4n) is 5.63. The van der Waals surface area contributed by atoms with Crippen LogP contribution in [0.15, 0.2) is 17.1 Å². The number of aromatic nitrogens is 2. The third-order valence-electron chi connectivity index (χ3n) is 7.85. The molecular weight excluding hydrogens is 496 g/mol. The van der Waals surface area contributed by atoms with Gasteiger partial charge in [0, 0.05) is 50.5 Å². The lowest BCUT2D eigenvalue weighted by Crippen LogP contribution is -2.58. The summed E-state index contributed by atoms with van der Waals surface area (Å²) in [4.78, 5) is 45.1. The number of hydrogen-bond acceptors (Lipinski definition) is 7. The first-order valence-corrected chi connectivity index (χ1v) is 13.3. The Morgan fingerprint density at radius 2 is 1.70 bits per heavy atom. The molecule has 0 radical (unpaired) electrons. The predicted octanol–water partition coefficient (Wildman–Crippen LogP) is 1.28. The number of nitrogens with zero attached hydrogens (tertiary/aromatic N) is 4. The first kappa shape index (κ1) is 29.3. The van der Waals surface area contributed by atoms with Crippen molar-refractivity contribution in [1.29, 1.82) is 0 Å². The molecule has 0 unspecified atom stereocenters. The minimum atomic E-state index is -0.932.